The van der Waals surface area contributed by atoms with Crippen LogP contribution < -0.4 is 4.90 Å². The highest BCUT2D eigenvalue weighted by Gasteiger charge is 2.27. The molecule has 2 unspecified atom stereocenters. The van der Waals surface area contributed by atoms with E-state index in [0.717, 1.165) is 22.6 Å². The number of rotatable bonds is 1. The molecule has 3 rings (SSSR count). The van der Waals surface area contributed by atoms with E-state index in [-0.39, 0.29) is 6.10 Å². The van der Waals surface area contributed by atoms with Crippen molar-refractivity contribution in [3.05, 3.63) is 16.2 Å². The number of ether oxygens (including phenoxy) is 1. The number of thiophene rings is 1. The molecule has 102 valence electrons. The second kappa shape index (κ2) is 4.89. The molecule has 2 aromatic rings. The van der Waals surface area contributed by atoms with E-state index in [0.29, 0.717) is 17.9 Å². The standard InChI is InChI=1S/C13H16ClN3OS/c1-7-6-18-8(2)5-17(7)11-10-4-9(3)19-12(10)16-13(14)15-11/h4,7-8H,5-6H2,1-3H3. The molecule has 0 aromatic carbocycles. The van der Waals surface area contributed by atoms with E-state index in [1.807, 2.05) is 0 Å². The third kappa shape index (κ3) is 2.42. The van der Waals surface area contributed by atoms with Crippen molar-refractivity contribution in [1.82, 2.24) is 9.97 Å². The first-order valence-electron chi connectivity index (χ1n) is 6.36. The Balaban J connectivity index is 2.12. The number of morpholine rings is 1. The summed E-state index contributed by atoms with van der Waals surface area (Å²) >= 11 is 7.72. The Morgan fingerprint density at radius 2 is 2.21 bits per heavy atom. The number of hydrogen-bond acceptors (Lipinski definition) is 5. The molecule has 2 aromatic heterocycles. The third-order valence-electron chi connectivity index (χ3n) is 3.35. The molecule has 0 amide bonds. The molecule has 2 atom stereocenters. The fourth-order valence-electron chi connectivity index (χ4n) is 2.42. The van der Waals surface area contributed by atoms with Gasteiger partial charge in [0.15, 0.2) is 0 Å². The number of anilines is 1. The summed E-state index contributed by atoms with van der Waals surface area (Å²) in [5.41, 5.74) is 0. The van der Waals surface area contributed by atoms with Crippen LogP contribution in [0.25, 0.3) is 10.2 Å². The molecule has 1 aliphatic heterocycles. The van der Waals surface area contributed by atoms with E-state index < -0.39 is 0 Å². The number of hydrogen-bond donors (Lipinski definition) is 0. The van der Waals surface area contributed by atoms with Crippen molar-refractivity contribution in [3.63, 3.8) is 0 Å². The highest BCUT2D eigenvalue weighted by atomic mass is 35.5. The number of aromatic nitrogens is 2. The molecule has 1 aliphatic rings. The van der Waals surface area contributed by atoms with E-state index in [1.54, 1.807) is 11.3 Å². The van der Waals surface area contributed by atoms with Gasteiger partial charge < -0.3 is 9.64 Å². The maximum atomic E-state index is 6.06. The van der Waals surface area contributed by atoms with Gasteiger partial charge in [0.25, 0.3) is 0 Å². The van der Waals surface area contributed by atoms with Crippen LogP contribution in [0.4, 0.5) is 5.82 Å². The van der Waals surface area contributed by atoms with Gasteiger partial charge in [-0.05, 0) is 38.4 Å². The van der Waals surface area contributed by atoms with Gasteiger partial charge in [-0.3, -0.25) is 0 Å². The number of fused-ring (bicyclic) bond motifs is 1. The van der Waals surface area contributed by atoms with Crippen LogP contribution in [0.1, 0.15) is 18.7 Å². The van der Waals surface area contributed by atoms with Crippen LogP contribution in [0.3, 0.4) is 0 Å². The molecular weight excluding hydrogens is 282 g/mol. The van der Waals surface area contributed by atoms with Crippen molar-refractivity contribution in [1.29, 1.82) is 0 Å². The second-order valence-corrected chi connectivity index (χ2v) is 6.61. The lowest BCUT2D eigenvalue weighted by molar-refractivity contribution is 0.0341. The molecular formula is C13H16ClN3OS. The molecule has 0 bridgehead atoms. The molecule has 6 heteroatoms. The normalized spacial score (nSPS) is 24.1. The van der Waals surface area contributed by atoms with Crippen molar-refractivity contribution in [2.24, 2.45) is 0 Å². The summed E-state index contributed by atoms with van der Waals surface area (Å²) in [5.74, 6) is 0.932. The highest BCUT2D eigenvalue weighted by molar-refractivity contribution is 7.18. The zero-order chi connectivity index (χ0) is 13.6. The van der Waals surface area contributed by atoms with Gasteiger partial charge in [-0.15, -0.1) is 11.3 Å². The average molecular weight is 298 g/mol. The van der Waals surface area contributed by atoms with Crippen LogP contribution in [-0.4, -0.2) is 35.3 Å². The number of halogens is 1. The maximum Gasteiger partial charge on any atom is 0.225 e. The minimum absolute atomic E-state index is 0.208. The lowest BCUT2D eigenvalue weighted by Gasteiger charge is -2.37. The van der Waals surface area contributed by atoms with Crippen molar-refractivity contribution < 1.29 is 4.74 Å². The Labute approximate surface area is 121 Å². The lowest BCUT2D eigenvalue weighted by atomic mass is 10.2. The zero-order valence-electron chi connectivity index (χ0n) is 11.2. The smallest absolute Gasteiger partial charge is 0.225 e. The van der Waals surface area contributed by atoms with Crippen molar-refractivity contribution in [2.75, 3.05) is 18.1 Å². The van der Waals surface area contributed by atoms with E-state index in [4.69, 9.17) is 16.3 Å². The first-order valence-corrected chi connectivity index (χ1v) is 7.56. The van der Waals surface area contributed by atoms with Gasteiger partial charge in [0.1, 0.15) is 10.6 Å². The molecule has 0 aliphatic carbocycles. The van der Waals surface area contributed by atoms with Crippen LogP contribution in [0.2, 0.25) is 5.28 Å². The van der Waals surface area contributed by atoms with Gasteiger partial charge in [-0.2, -0.15) is 4.98 Å². The van der Waals surface area contributed by atoms with E-state index in [1.165, 1.54) is 4.88 Å². The Morgan fingerprint density at radius 1 is 1.42 bits per heavy atom. The largest absolute Gasteiger partial charge is 0.375 e. The third-order valence-corrected chi connectivity index (χ3v) is 4.46. The summed E-state index contributed by atoms with van der Waals surface area (Å²) in [7, 11) is 0. The lowest BCUT2D eigenvalue weighted by Crippen LogP contribution is -2.47. The minimum atomic E-state index is 0.208. The first kappa shape index (κ1) is 13.1. The van der Waals surface area contributed by atoms with Gasteiger partial charge in [0.2, 0.25) is 5.28 Å². The predicted molar refractivity (Wildman–Crippen MR) is 79.4 cm³/mol. The van der Waals surface area contributed by atoms with Crippen molar-refractivity contribution in [2.45, 2.75) is 32.9 Å². The summed E-state index contributed by atoms with van der Waals surface area (Å²) < 4.78 is 5.67. The Kier molecular flexibility index (Phi) is 3.37. The summed E-state index contributed by atoms with van der Waals surface area (Å²) in [6.07, 6.45) is 0.208. The quantitative estimate of drug-likeness (QED) is 0.757. The topological polar surface area (TPSA) is 38.2 Å². The predicted octanol–water partition coefficient (Wildman–Crippen LogP) is 3.27. The molecule has 19 heavy (non-hydrogen) atoms. The van der Waals surface area contributed by atoms with E-state index >= 15 is 0 Å². The molecule has 0 radical (unpaired) electrons. The van der Waals surface area contributed by atoms with Gasteiger partial charge in [0, 0.05) is 11.4 Å². The van der Waals surface area contributed by atoms with Crippen LogP contribution >= 0.6 is 22.9 Å². The Morgan fingerprint density at radius 3 is 3.00 bits per heavy atom. The number of aryl methyl sites for hydroxylation is 1. The van der Waals surface area contributed by atoms with Crippen molar-refractivity contribution >= 4 is 39.0 Å². The molecule has 1 fully saturated rings. The average Bonchev–Trinajstić information content (AvgIpc) is 2.71. The minimum Gasteiger partial charge on any atom is -0.375 e. The van der Waals surface area contributed by atoms with Crippen LogP contribution in [-0.2, 0) is 4.74 Å². The Bertz CT molecular complexity index is 615. The van der Waals surface area contributed by atoms with Gasteiger partial charge in [-0.1, -0.05) is 0 Å². The first-order chi connectivity index (χ1) is 9.04. The van der Waals surface area contributed by atoms with Gasteiger partial charge in [0.05, 0.1) is 24.1 Å². The summed E-state index contributed by atoms with van der Waals surface area (Å²) in [6, 6.07) is 2.43. The fraction of sp³-hybridized carbons (Fsp3) is 0.538. The van der Waals surface area contributed by atoms with E-state index in [9.17, 15) is 0 Å². The monoisotopic (exact) mass is 297 g/mol. The molecule has 0 N–H and O–H groups in total. The van der Waals surface area contributed by atoms with Crippen molar-refractivity contribution in [3.8, 4) is 0 Å². The molecule has 0 spiro atoms. The fourth-order valence-corrected chi connectivity index (χ4v) is 3.51. The Hall–Kier alpha value is -0.910. The summed E-state index contributed by atoms with van der Waals surface area (Å²) in [4.78, 5) is 13.2. The summed E-state index contributed by atoms with van der Waals surface area (Å²) in [5, 5.41) is 1.41. The zero-order valence-corrected chi connectivity index (χ0v) is 12.8. The van der Waals surface area contributed by atoms with Crippen LogP contribution in [0, 0.1) is 6.92 Å². The van der Waals surface area contributed by atoms with Gasteiger partial charge in [-0.25, -0.2) is 4.98 Å². The molecule has 4 nitrogen and oxygen atoms in total. The number of nitrogens with zero attached hydrogens (tertiary/aromatic N) is 3. The highest BCUT2D eigenvalue weighted by Crippen LogP contribution is 2.33. The van der Waals surface area contributed by atoms with E-state index in [2.05, 4.69) is 41.7 Å². The SMILES string of the molecule is Cc1cc2c(N3CC(C)OCC3C)nc(Cl)nc2s1. The molecule has 3 heterocycles. The second-order valence-electron chi connectivity index (χ2n) is 5.04. The van der Waals surface area contributed by atoms with Gasteiger partial charge >= 0.3 is 0 Å². The molecule has 1 saturated heterocycles. The summed E-state index contributed by atoms with van der Waals surface area (Å²) in [6.45, 7) is 7.85. The molecule has 0 saturated carbocycles. The maximum absolute atomic E-state index is 6.06. The van der Waals surface area contributed by atoms with Crippen LogP contribution in [0.15, 0.2) is 6.07 Å². The van der Waals surface area contributed by atoms with Crippen LogP contribution in [0.5, 0.6) is 0 Å².